The first-order valence-electron chi connectivity index (χ1n) is 12.3. The van der Waals surface area contributed by atoms with Gasteiger partial charge in [0, 0.05) is 31.1 Å². The van der Waals surface area contributed by atoms with Crippen LogP contribution in [0.4, 0.5) is 4.39 Å². The molecule has 0 spiro atoms. The predicted octanol–water partition coefficient (Wildman–Crippen LogP) is 6.16. The van der Waals surface area contributed by atoms with Crippen LogP contribution in [0.3, 0.4) is 0 Å². The van der Waals surface area contributed by atoms with Gasteiger partial charge in [-0.3, -0.25) is 9.29 Å². The minimum Gasteiger partial charge on any atom is -0.508 e. The van der Waals surface area contributed by atoms with Gasteiger partial charge < -0.3 is 14.6 Å². The monoisotopic (exact) mass is 451 g/mol. The maximum absolute atomic E-state index is 12.6. The van der Waals surface area contributed by atoms with Gasteiger partial charge in [-0.2, -0.15) is 0 Å². The molecule has 2 fully saturated rings. The molecule has 5 rings (SSSR count). The van der Waals surface area contributed by atoms with Crippen LogP contribution in [-0.4, -0.2) is 42.9 Å². The molecule has 0 bridgehead atoms. The molecule has 1 atom stereocenters. The maximum Gasteiger partial charge on any atom is 0.146 e. The number of allylic oxidation sites excluding steroid dienone is 1. The number of aromatic hydroxyl groups is 1. The highest BCUT2D eigenvalue weighted by molar-refractivity contribution is 5.76. The molecule has 0 aromatic heterocycles. The summed E-state index contributed by atoms with van der Waals surface area (Å²) in [4.78, 5) is 2.23. The van der Waals surface area contributed by atoms with Crippen LogP contribution in [0.25, 0.3) is 5.57 Å². The van der Waals surface area contributed by atoms with Gasteiger partial charge in [0.25, 0.3) is 0 Å². The summed E-state index contributed by atoms with van der Waals surface area (Å²) in [5.41, 5.74) is 4.74. The lowest BCUT2D eigenvalue weighted by atomic mass is 9.76. The van der Waals surface area contributed by atoms with E-state index in [0.29, 0.717) is 12.5 Å². The third kappa shape index (κ3) is 4.74. The van der Waals surface area contributed by atoms with Gasteiger partial charge in [-0.15, -0.1) is 0 Å². The van der Waals surface area contributed by atoms with Crippen molar-refractivity contribution in [1.82, 2.24) is 4.90 Å². The fourth-order valence-electron chi connectivity index (χ4n) is 5.63. The molecule has 2 heterocycles. The molecule has 2 aromatic carbocycles. The second-order valence-electron chi connectivity index (χ2n) is 9.79. The highest BCUT2D eigenvalue weighted by Gasteiger charge is 2.33. The number of fused-ring (bicyclic) bond motifs is 1. The van der Waals surface area contributed by atoms with Crippen LogP contribution in [0.15, 0.2) is 48.0 Å². The van der Waals surface area contributed by atoms with Crippen molar-refractivity contribution in [3.05, 3.63) is 59.2 Å². The van der Waals surface area contributed by atoms with Crippen molar-refractivity contribution in [1.29, 1.82) is 0 Å². The van der Waals surface area contributed by atoms with Crippen molar-refractivity contribution in [2.45, 2.75) is 45.1 Å². The van der Waals surface area contributed by atoms with E-state index in [9.17, 15) is 9.50 Å². The Hall–Kier alpha value is -2.53. The topological polar surface area (TPSA) is 41.9 Å². The molecule has 3 aliphatic rings. The number of alkyl halides is 1. The first-order chi connectivity index (χ1) is 16.1. The Bertz CT molecular complexity index is 991. The van der Waals surface area contributed by atoms with Crippen molar-refractivity contribution in [3.63, 3.8) is 0 Å². The zero-order valence-electron chi connectivity index (χ0n) is 19.4. The van der Waals surface area contributed by atoms with Crippen molar-refractivity contribution in [2.75, 3.05) is 32.9 Å². The third-order valence-electron chi connectivity index (χ3n) is 7.48. The van der Waals surface area contributed by atoms with E-state index in [0.717, 1.165) is 42.3 Å². The molecule has 1 saturated heterocycles. The predicted molar refractivity (Wildman–Crippen MR) is 128 cm³/mol. The Morgan fingerprint density at radius 3 is 2.55 bits per heavy atom. The van der Waals surface area contributed by atoms with Crippen molar-refractivity contribution in [2.24, 2.45) is 11.8 Å². The number of likely N-dealkylation sites (tertiary alicyclic amines) is 1. The van der Waals surface area contributed by atoms with Gasteiger partial charge >= 0.3 is 0 Å². The molecule has 2 aromatic rings. The van der Waals surface area contributed by atoms with Crippen LogP contribution < -0.4 is 9.47 Å². The molecular weight excluding hydrogens is 417 g/mol. The van der Waals surface area contributed by atoms with Crippen LogP contribution in [0.5, 0.6) is 17.2 Å². The van der Waals surface area contributed by atoms with Gasteiger partial charge in [0.1, 0.15) is 30.0 Å². The van der Waals surface area contributed by atoms with Gasteiger partial charge in [-0.25, -0.2) is 0 Å². The van der Waals surface area contributed by atoms with Gasteiger partial charge in [0.05, 0.1) is 6.67 Å². The fourth-order valence-corrected chi connectivity index (χ4v) is 5.63. The minimum absolute atomic E-state index is 0.113. The van der Waals surface area contributed by atoms with E-state index < -0.39 is 0 Å². The van der Waals surface area contributed by atoms with Crippen molar-refractivity contribution >= 4 is 5.57 Å². The Balaban J connectivity index is 1.32. The third-order valence-corrected chi connectivity index (χ3v) is 7.48. The molecule has 1 N–H and O–H groups in total. The van der Waals surface area contributed by atoms with E-state index in [-0.39, 0.29) is 24.4 Å². The van der Waals surface area contributed by atoms with Gasteiger partial charge in [0.15, 0.2) is 0 Å². The van der Waals surface area contributed by atoms with E-state index in [1.807, 2.05) is 24.3 Å². The Kier molecular flexibility index (Phi) is 6.59. The number of rotatable bonds is 7. The average Bonchev–Trinajstić information content (AvgIpc) is 2.82. The standard InChI is InChI=1S/C28H34FNO3/c1-19-25-15-23(31)9-12-26(25)33-28(27(19)21-5-3-2-4-6-21)22-7-10-24(11-8-22)32-14-13-30-17-20(16-29)18-30/h7-12,15,20-21,28,31H,2-6,13-14,16-18H2,1H3. The van der Waals surface area contributed by atoms with Gasteiger partial charge in [-0.1, -0.05) is 31.4 Å². The summed E-state index contributed by atoms with van der Waals surface area (Å²) in [6.45, 7) is 5.09. The molecule has 1 aliphatic carbocycles. The number of hydrogen-bond donors (Lipinski definition) is 1. The lowest BCUT2D eigenvalue weighted by molar-refractivity contribution is 0.0668. The largest absolute Gasteiger partial charge is 0.508 e. The number of nitrogens with zero attached hydrogens (tertiary/aromatic N) is 1. The normalized spacial score (nSPS) is 21.9. The molecule has 33 heavy (non-hydrogen) atoms. The highest BCUT2D eigenvalue weighted by Crippen LogP contribution is 2.48. The number of ether oxygens (including phenoxy) is 2. The second kappa shape index (κ2) is 9.76. The number of halogens is 1. The van der Waals surface area contributed by atoms with Gasteiger partial charge in [-0.05, 0) is 72.7 Å². The summed E-state index contributed by atoms with van der Waals surface area (Å²) in [5, 5.41) is 10.1. The van der Waals surface area contributed by atoms with Crippen molar-refractivity contribution < 1.29 is 19.0 Å². The molecule has 0 amide bonds. The van der Waals surface area contributed by atoms with Crippen LogP contribution in [-0.2, 0) is 0 Å². The summed E-state index contributed by atoms with van der Waals surface area (Å²) in [5.74, 6) is 2.68. The summed E-state index contributed by atoms with van der Waals surface area (Å²) < 4.78 is 25.1. The zero-order valence-corrected chi connectivity index (χ0v) is 19.4. The van der Waals surface area contributed by atoms with Gasteiger partial charge in [0.2, 0.25) is 0 Å². The Morgan fingerprint density at radius 2 is 1.82 bits per heavy atom. The summed E-state index contributed by atoms with van der Waals surface area (Å²) in [6, 6.07) is 13.7. The average molecular weight is 452 g/mol. The fraction of sp³-hybridized carbons (Fsp3) is 0.500. The van der Waals surface area contributed by atoms with E-state index in [2.05, 4.69) is 24.0 Å². The smallest absolute Gasteiger partial charge is 0.146 e. The highest BCUT2D eigenvalue weighted by atomic mass is 19.1. The molecule has 2 aliphatic heterocycles. The molecule has 0 radical (unpaired) electrons. The van der Waals surface area contributed by atoms with E-state index >= 15 is 0 Å². The van der Waals surface area contributed by atoms with Crippen LogP contribution in [0.1, 0.15) is 56.3 Å². The van der Waals surface area contributed by atoms with E-state index in [4.69, 9.17) is 9.47 Å². The molecule has 5 heteroatoms. The summed E-state index contributed by atoms with van der Waals surface area (Å²) in [6.07, 6.45) is 6.11. The van der Waals surface area contributed by atoms with E-state index in [1.165, 1.54) is 43.3 Å². The second-order valence-corrected chi connectivity index (χ2v) is 9.79. The number of hydrogen-bond acceptors (Lipinski definition) is 4. The lowest BCUT2D eigenvalue weighted by Gasteiger charge is -2.37. The van der Waals surface area contributed by atoms with E-state index in [1.54, 1.807) is 6.07 Å². The molecule has 1 saturated carbocycles. The molecule has 4 nitrogen and oxygen atoms in total. The van der Waals surface area contributed by atoms with Crippen molar-refractivity contribution in [3.8, 4) is 17.2 Å². The van der Waals surface area contributed by atoms with Crippen LogP contribution in [0.2, 0.25) is 0 Å². The quantitative estimate of drug-likeness (QED) is 0.547. The minimum atomic E-state index is -0.218. The molecule has 1 unspecified atom stereocenters. The number of benzene rings is 2. The Labute approximate surface area is 196 Å². The lowest BCUT2D eigenvalue weighted by Crippen LogP contribution is -2.49. The summed E-state index contributed by atoms with van der Waals surface area (Å²) >= 11 is 0. The SMILES string of the molecule is CC1=C(C2CCCCC2)C(c2ccc(OCCN3CC(CF)C3)cc2)Oc2ccc(O)cc21. The number of phenolic OH excluding ortho intramolecular Hbond substituents is 1. The summed E-state index contributed by atoms with van der Waals surface area (Å²) in [7, 11) is 0. The number of phenols is 1. The Morgan fingerprint density at radius 1 is 1.06 bits per heavy atom. The van der Waals surface area contributed by atoms with Crippen LogP contribution >= 0.6 is 0 Å². The first-order valence-corrected chi connectivity index (χ1v) is 12.3. The van der Waals surface area contributed by atoms with Crippen LogP contribution in [0, 0.1) is 11.8 Å². The zero-order chi connectivity index (χ0) is 22.8. The molecular formula is C28H34FNO3. The maximum atomic E-state index is 12.6. The first kappa shape index (κ1) is 22.3. The molecule has 176 valence electrons.